The predicted molar refractivity (Wildman–Crippen MR) is 119 cm³/mol. The Labute approximate surface area is 180 Å². The minimum absolute atomic E-state index is 0.0752. The molecule has 6 nitrogen and oxygen atoms in total. The molecule has 4 N–H and O–H groups in total. The van der Waals surface area contributed by atoms with E-state index in [1.165, 1.54) is 12.1 Å². The summed E-state index contributed by atoms with van der Waals surface area (Å²) < 4.78 is 13.6. The van der Waals surface area contributed by atoms with Gasteiger partial charge in [-0.25, -0.2) is 4.39 Å². The van der Waals surface area contributed by atoms with Crippen LogP contribution in [0, 0.1) is 18.7 Å². The van der Waals surface area contributed by atoms with Crippen molar-refractivity contribution < 1.29 is 14.0 Å². The van der Waals surface area contributed by atoms with Crippen LogP contribution in [0.15, 0.2) is 42.5 Å². The highest BCUT2D eigenvalue weighted by molar-refractivity contribution is 5.96. The number of fused-ring (bicyclic) bond motifs is 1. The zero-order valence-electron chi connectivity index (χ0n) is 17.6. The third-order valence-electron chi connectivity index (χ3n) is 5.97. The van der Waals surface area contributed by atoms with Gasteiger partial charge in [-0.05, 0) is 67.8 Å². The molecule has 3 aromatic rings. The fourth-order valence-corrected chi connectivity index (χ4v) is 4.33. The predicted octanol–water partition coefficient (Wildman–Crippen LogP) is 3.49. The Morgan fingerprint density at radius 2 is 2.00 bits per heavy atom. The number of aromatic amines is 1. The highest BCUT2D eigenvalue weighted by Crippen LogP contribution is 2.24. The molecule has 2 amide bonds. The number of halogens is 1. The molecule has 2 aromatic carbocycles. The number of nitrogens with one attached hydrogen (secondary N) is 2. The van der Waals surface area contributed by atoms with Crippen molar-refractivity contribution in [2.24, 2.45) is 11.7 Å². The van der Waals surface area contributed by atoms with Crippen LogP contribution in [0.5, 0.6) is 0 Å². The summed E-state index contributed by atoms with van der Waals surface area (Å²) in [7, 11) is 0. The minimum Gasteiger partial charge on any atom is -0.369 e. The third-order valence-corrected chi connectivity index (χ3v) is 5.97. The summed E-state index contributed by atoms with van der Waals surface area (Å²) >= 11 is 0. The van der Waals surface area contributed by atoms with Crippen molar-refractivity contribution in [1.29, 1.82) is 0 Å². The first-order chi connectivity index (χ1) is 14.9. The van der Waals surface area contributed by atoms with Crippen LogP contribution in [-0.4, -0.2) is 34.8 Å². The van der Waals surface area contributed by atoms with Crippen molar-refractivity contribution in [1.82, 2.24) is 9.88 Å². The molecule has 0 radical (unpaired) electrons. The second-order valence-corrected chi connectivity index (χ2v) is 8.32. The summed E-state index contributed by atoms with van der Waals surface area (Å²) in [5.41, 5.74) is 9.78. The van der Waals surface area contributed by atoms with Gasteiger partial charge in [0.05, 0.1) is 12.3 Å². The standard InChI is InChI=1S/C24H27FN4O2/c1-15-20(21-11-18(25)6-9-22(21)27-15)12-23(30)28-19-7-4-16(5-8-19)13-29-10-2-3-17(14-29)24(26)31/h4-9,11,17,27H,2-3,10,12-14H2,1H3,(H2,26,31)(H,28,30). The number of carbonyl (C=O) groups is 2. The molecule has 31 heavy (non-hydrogen) atoms. The van der Waals surface area contributed by atoms with E-state index in [9.17, 15) is 14.0 Å². The quantitative estimate of drug-likeness (QED) is 0.568. The second-order valence-electron chi connectivity index (χ2n) is 8.32. The Morgan fingerprint density at radius 3 is 2.74 bits per heavy atom. The number of rotatable bonds is 6. The van der Waals surface area contributed by atoms with Crippen molar-refractivity contribution in [3.63, 3.8) is 0 Å². The van der Waals surface area contributed by atoms with Crippen molar-refractivity contribution in [3.8, 4) is 0 Å². The summed E-state index contributed by atoms with van der Waals surface area (Å²) in [6, 6.07) is 12.3. The number of H-pyrrole nitrogens is 1. The van der Waals surface area contributed by atoms with Gasteiger partial charge in [0.15, 0.2) is 0 Å². The summed E-state index contributed by atoms with van der Waals surface area (Å²) in [6.07, 6.45) is 2.00. The number of likely N-dealkylation sites (tertiary alicyclic amines) is 1. The van der Waals surface area contributed by atoms with Gasteiger partial charge in [0.25, 0.3) is 0 Å². The molecule has 1 aliphatic rings. The number of primary amides is 1. The van der Waals surface area contributed by atoms with Crippen molar-refractivity contribution in [3.05, 3.63) is 65.1 Å². The summed E-state index contributed by atoms with van der Waals surface area (Å²) in [6.45, 7) is 4.28. The number of anilines is 1. The average Bonchev–Trinajstić information content (AvgIpc) is 3.04. The molecule has 0 bridgehead atoms. The van der Waals surface area contributed by atoms with Gasteiger partial charge in [-0.3, -0.25) is 14.5 Å². The fraction of sp³-hybridized carbons (Fsp3) is 0.333. The first-order valence-electron chi connectivity index (χ1n) is 10.6. The van der Waals surface area contributed by atoms with Crippen molar-refractivity contribution >= 4 is 28.4 Å². The van der Waals surface area contributed by atoms with Gasteiger partial charge in [-0.15, -0.1) is 0 Å². The Bertz CT molecular complexity index is 1110. The van der Waals surface area contributed by atoms with Crippen molar-refractivity contribution in [2.75, 3.05) is 18.4 Å². The van der Waals surface area contributed by atoms with Crippen LogP contribution < -0.4 is 11.1 Å². The molecule has 0 saturated carbocycles. The molecule has 2 heterocycles. The maximum atomic E-state index is 13.6. The first-order valence-corrected chi connectivity index (χ1v) is 10.6. The van der Waals surface area contributed by atoms with E-state index >= 15 is 0 Å². The third kappa shape index (κ3) is 4.94. The largest absolute Gasteiger partial charge is 0.369 e. The smallest absolute Gasteiger partial charge is 0.228 e. The molecule has 1 unspecified atom stereocenters. The monoisotopic (exact) mass is 422 g/mol. The molecule has 7 heteroatoms. The average molecular weight is 423 g/mol. The number of hydrogen-bond acceptors (Lipinski definition) is 3. The van der Waals surface area contributed by atoms with Crippen LogP contribution in [0.4, 0.5) is 10.1 Å². The van der Waals surface area contributed by atoms with Crippen LogP contribution >= 0.6 is 0 Å². The van der Waals surface area contributed by atoms with Crippen LogP contribution in [0.2, 0.25) is 0 Å². The molecular formula is C24H27FN4O2. The Kier molecular flexibility index (Phi) is 6.04. The molecule has 1 aliphatic heterocycles. The van der Waals surface area contributed by atoms with E-state index < -0.39 is 0 Å². The molecule has 1 atom stereocenters. The molecule has 1 aromatic heterocycles. The Hall–Kier alpha value is -3.19. The number of piperidine rings is 1. The van der Waals surface area contributed by atoms with Gasteiger partial charge in [0.2, 0.25) is 11.8 Å². The maximum Gasteiger partial charge on any atom is 0.228 e. The van der Waals surface area contributed by atoms with Gasteiger partial charge in [0, 0.05) is 35.4 Å². The summed E-state index contributed by atoms with van der Waals surface area (Å²) in [5.74, 6) is -0.773. The number of hydrogen-bond donors (Lipinski definition) is 3. The first kappa shape index (κ1) is 21.1. The van der Waals surface area contributed by atoms with Crippen LogP contribution in [0.25, 0.3) is 10.9 Å². The number of aromatic nitrogens is 1. The van der Waals surface area contributed by atoms with Gasteiger partial charge >= 0.3 is 0 Å². The molecule has 4 rings (SSSR count). The van der Waals surface area contributed by atoms with E-state index in [-0.39, 0.29) is 30.0 Å². The van der Waals surface area contributed by atoms with Crippen molar-refractivity contribution in [2.45, 2.75) is 32.7 Å². The minimum atomic E-state index is -0.320. The number of nitrogens with two attached hydrogens (primary N) is 1. The highest BCUT2D eigenvalue weighted by atomic mass is 19.1. The van der Waals surface area contributed by atoms with Gasteiger partial charge in [-0.2, -0.15) is 0 Å². The zero-order chi connectivity index (χ0) is 22.0. The Balaban J connectivity index is 1.37. The van der Waals surface area contributed by atoms with E-state index in [2.05, 4.69) is 15.2 Å². The molecule has 1 saturated heterocycles. The lowest BCUT2D eigenvalue weighted by atomic mass is 9.97. The molecule has 0 spiro atoms. The lowest BCUT2D eigenvalue weighted by Gasteiger charge is -2.31. The number of aryl methyl sites for hydroxylation is 1. The SMILES string of the molecule is Cc1[nH]c2ccc(F)cc2c1CC(=O)Nc1ccc(CN2CCCC(C(N)=O)C2)cc1. The summed E-state index contributed by atoms with van der Waals surface area (Å²) in [4.78, 5) is 29.5. The lowest BCUT2D eigenvalue weighted by molar-refractivity contribution is -0.123. The number of nitrogens with zero attached hydrogens (tertiary/aromatic N) is 1. The second kappa shape index (κ2) is 8.89. The Morgan fingerprint density at radius 1 is 1.23 bits per heavy atom. The van der Waals surface area contributed by atoms with Crippen LogP contribution in [-0.2, 0) is 22.6 Å². The molecule has 162 valence electrons. The zero-order valence-corrected chi connectivity index (χ0v) is 17.6. The van der Waals surface area contributed by atoms with Gasteiger partial charge < -0.3 is 16.0 Å². The fourth-order valence-electron chi connectivity index (χ4n) is 4.33. The maximum absolute atomic E-state index is 13.6. The summed E-state index contributed by atoms with van der Waals surface area (Å²) in [5, 5.41) is 3.65. The van der Waals surface area contributed by atoms with E-state index in [0.29, 0.717) is 12.2 Å². The van der Waals surface area contributed by atoms with Gasteiger partial charge in [0.1, 0.15) is 5.82 Å². The van der Waals surface area contributed by atoms with E-state index in [4.69, 9.17) is 5.73 Å². The topological polar surface area (TPSA) is 91.2 Å². The molecule has 1 fully saturated rings. The van der Waals surface area contributed by atoms with E-state index in [0.717, 1.165) is 53.7 Å². The van der Waals surface area contributed by atoms with E-state index in [1.807, 2.05) is 31.2 Å². The van der Waals surface area contributed by atoms with Gasteiger partial charge in [-0.1, -0.05) is 12.1 Å². The lowest BCUT2D eigenvalue weighted by Crippen LogP contribution is -2.40. The van der Waals surface area contributed by atoms with E-state index in [1.54, 1.807) is 6.07 Å². The number of carbonyl (C=O) groups excluding carboxylic acids is 2. The number of amides is 2. The number of benzene rings is 2. The molecular weight excluding hydrogens is 395 g/mol. The highest BCUT2D eigenvalue weighted by Gasteiger charge is 2.23. The molecule has 0 aliphatic carbocycles. The normalized spacial score (nSPS) is 17.0. The van der Waals surface area contributed by atoms with Crippen LogP contribution in [0.3, 0.4) is 0 Å². The van der Waals surface area contributed by atoms with Crippen LogP contribution in [0.1, 0.15) is 29.7 Å².